The number of ether oxygens (including phenoxy) is 1. The molecule has 2 aliphatic heterocycles. The molecule has 35 heavy (non-hydrogen) atoms. The summed E-state index contributed by atoms with van der Waals surface area (Å²) in [5, 5.41) is 6.80. The van der Waals surface area contributed by atoms with Gasteiger partial charge < -0.3 is 14.6 Å². The van der Waals surface area contributed by atoms with Crippen LogP contribution in [-0.2, 0) is 21.5 Å². The van der Waals surface area contributed by atoms with Crippen molar-refractivity contribution in [3.05, 3.63) is 95.7 Å². The molecule has 0 radical (unpaired) electrons. The van der Waals surface area contributed by atoms with Gasteiger partial charge in [0, 0.05) is 17.4 Å². The Balaban J connectivity index is 1.26. The highest BCUT2D eigenvalue weighted by atomic mass is 16.5. The predicted molar refractivity (Wildman–Crippen MR) is 133 cm³/mol. The van der Waals surface area contributed by atoms with Gasteiger partial charge in [-0.15, -0.1) is 0 Å². The molecule has 2 aliphatic rings. The zero-order valence-corrected chi connectivity index (χ0v) is 19.3. The highest BCUT2D eigenvalue weighted by Crippen LogP contribution is 2.41. The van der Waals surface area contributed by atoms with Crippen molar-refractivity contribution in [2.75, 3.05) is 13.1 Å². The van der Waals surface area contributed by atoms with Crippen LogP contribution in [0.2, 0.25) is 0 Å². The first-order chi connectivity index (χ1) is 17.0. The molecule has 174 valence electrons. The van der Waals surface area contributed by atoms with E-state index in [-0.39, 0.29) is 18.4 Å². The van der Waals surface area contributed by atoms with E-state index in [1.807, 2.05) is 79.7 Å². The van der Waals surface area contributed by atoms with Gasteiger partial charge >= 0.3 is 0 Å². The number of benzene rings is 3. The number of hydrogen-bond acceptors (Lipinski definition) is 4. The molecule has 0 spiro atoms. The summed E-state index contributed by atoms with van der Waals surface area (Å²) in [4.78, 5) is 31.9. The minimum atomic E-state index is -1.12. The molecule has 6 rings (SSSR count). The maximum atomic E-state index is 13.7. The van der Waals surface area contributed by atoms with E-state index in [2.05, 4.69) is 16.2 Å². The minimum absolute atomic E-state index is 0.0737. The fraction of sp³-hybridized carbons (Fsp3) is 0.179. The van der Waals surface area contributed by atoms with Crippen LogP contribution in [0, 0.1) is 0 Å². The number of H-pyrrole nitrogens is 1. The molecule has 0 aliphatic carbocycles. The van der Waals surface area contributed by atoms with Crippen LogP contribution in [0.4, 0.5) is 0 Å². The first kappa shape index (κ1) is 21.2. The zero-order valence-electron chi connectivity index (χ0n) is 19.3. The summed E-state index contributed by atoms with van der Waals surface area (Å²) in [7, 11) is 0. The van der Waals surface area contributed by atoms with Gasteiger partial charge in [0.25, 0.3) is 5.91 Å². The monoisotopic (exact) mass is 464 g/mol. The molecule has 1 fully saturated rings. The molecule has 0 saturated carbocycles. The number of rotatable bonds is 4. The van der Waals surface area contributed by atoms with Crippen LogP contribution in [0.15, 0.2) is 84.0 Å². The molecule has 3 aromatic carbocycles. The maximum absolute atomic E-state index is 13.7. The van der Waals surface area contributed by atoms with Crippen LogP contribution in [0.25, 0.3) is 10.9 Å². The Hall–Kier alpha value is -4.39. The number of carbonyl (C=O) groups is 2. The molecule has 1 N–H and O–H groups in total. The Bertz CT molecular complexity index is 1460. The van der Waals surface area contributed by atoms with Gasteiger partial charge in [0.05, 0.1) is 11.9 Å². The first-order valence-corrected chi connectivity index (χ1v) is 11.6. The average Bonchev–Trinajstić information content (AvgIpc) is 3.27. The lowest BCUT2D eigenvalue weighted by atomic mass is 9.83. The van der Waals surface area contributed by atoms with Crippen molar-refractivity contribution >= 4 is 28.9 Å². The lowest BCUT2D eigenvalue weighted by Gasteiger charge is -2.48. The summed E-state index contributed by atoms with van der Waals surface area (Å²) >= 11 is 0. The standard InChI is InChI=1S/C28H24N4O3/c1-28-26-23(22-9-5-6-10-24(22)30-26)15-16-31(28)25(33)18-32(27(28)34)29-17-19-11-13-21(14-12-19)35-20-7-3-2-4-8-20/h2-14,17,30H,15-16,18H2,1H3/b29-17-/t28-/m1/s1. The number of amides is 2. The van der Waals surface area contributed by atoms with Gasteiger partial charge in [-0.25, -0.2) is 5.01 Å². The van der Waals surface area contributed by atoms with Crippen LogP contribution in [-0.4, -0.2) is 46.0 Å². The van der Waals surface area contributed by atoms with Crippen LogP contribution in [0.3, 0.4) is 0 Å². The molecule has 1 saturated heterocycles. The zero-order chi connectivity index (χ0) is 24.0. The summed E-state index contributed by atoms with van der Waals surface area (Å²) in [5.74, 6) is 1.13. The van der Waals surface area contributed by atoms with E-state index in [0.717, 1.165) is 33.5 Å². The molecule has 0 bridgehead atoms. The Kier molecular flexibility index (Phi) is 4.91. The van der Waals surface area contributed by atoms with Crippen LogP contribution in [0.5, 0.6) is 11.5 Å². The summed E-state index contributed by atoms with van der Waals surface area (Å²) < 4.78 is 5.83. The van der Waals surface area contributed by atoms with Crippen molar-refractivity contribution in [3.8, 4) is 11.5 Å². The number of carbonyl (C=O) groups excluding carboxylic acids is 2. The van der Waals surface area contributed by atoms with E-state index in [0.29, 0.717) is 18.7 Å². The van der Waals surface area contributed by atoms with Gasteiger partial charge in [0.1, 0.15) is 18.0 Å². The van der Waals surface area contributed by atoms with Gasteiger partial charge in [-0.05, 0) is 66.9 Å². The third-order valence-corrected chi connectivity index (χ3v) is 6.87. The number of hydrazone groups is 1. The quantitative estimate of drug-likeness (QED) is 0.454. The smallest absolute Gasteiger partial charge is 0.275 e. The van der Waals surface area contributed by atoms with Crippen molar-refractivity contribution in [1.29, 1.82) is 0 Å². The second kappa shape index (κ2) is 8.13. The van der Waals surface area contributed by atoms with E-state index in [9.17, 15) is 9.59 Å². The summed E-state index contributed by atoms with van der Waals surface area (Å²) in [6, 6.07) is 25.0. The van der Waals surface area contributed by atoms with Crippen LogP contribution in [0.1, 0.15) is 23.7 Å². The number of aromatic nitrogens is 1. The second-order valence-corrected chi connectivity index (χ2v) is 8.98. The second-order valence-electron chi connectivity index (χ2n) is 8.98. The number of hydrogen-bond donors (Lipinski definition) is 1. The Morgan fingerprint density at radius 2 is 1.66 bits per heavy atom. The fourth-order valence-corrected chi connectivity index (χ4v) is 5.07. The third kappa shape index (κ3) is 3.47. The van der Waals surface area contributed by atoms with Gasteiger partial charge in [0.2, 0.25) is 5.91 Å². The number of aromatic amines is 1. The Morgan fingerprint density at radius 1 is 0.943 bits per heavy atom. The van der Waals surface area contributed by atoms with Crippen molar-refractivity contribution in [3.63, 3.8) is 0 Å². The predicted octanol–water partition coefficient (Wildman–Crippen LogP) is 4.44. The number of para-hydroxylation sites is 2. The van der Waals surface area contributed by atoms with Crippen molar-refractivity contribution in [2.45, 2.75) is 18.9 Å². The number of nitrogens with zero attached hydrogens (tertiary/aromatic N) is 3. The highest BCUT2D eigenvalue weighted by molar-refractivity contribution is 6.01. The molecule has 1 atom stereocenters. The van der Waals surface area contributed by atoms with Crippen molar-refractivity contribution < 1.29 is 14.3 Å². The largest absolute Gasteiger partial charge is 0.457 e. The molecule has 0 unspecified atom stereocenters. The number of nitrogens with one attached hydrogen (secondary N) is 1. The highest BCUT2D eigenvalue weighted by Gasteiger charge is 2.54. The SMILES string of the molecule is C[C@@]12C(=O)N(/N=C\c3ccc(Oc4ccccc4)cc3)CC(=O)N1CCc1c2[nH]c2ccccc12. The molecule has 4 aromatic rings. The van der Waals surface area contributed by atoms with Crippen molar-refractivity contribution in [1.82, 2.24) is 14.9 Å². The van der Waals surface area contributed by atoms with Gasteiger partial charge in [-0.2, -0.15) is 5.10 Å². The molecule has 7 heteroatoms. The first-order valence-electron chi connectivity index (χ1n) is 11.6. The topological polar surface area (TPSA) is 78.0 Å². The Morgan fingerprint density at radius 3 is 2.46 bits per heavy atom. The van der Waals surface area contributed by atoms with Crippen LogP contribution >= 0.6 is 0 Å². The summed E-state index contributed by atoms with van der Waals surface area (Å²) in [5.41, 5.74) is 2.53. The molecular weight excluding hydrogens is 440 g/mol. The van der Waals surface area contributed by atoms with E-state index in [1.165, 1.54) is 5.01 Å². The molecule has 2 amide bonds. The molecular formula is C28H24N4O3. The number of fused-ring (bicyclic) bond motifs is 5. The molecule has 1 aromatic heterocycles. The lowest BCUT2D eigenvalue weighted by molar-refractivity contribution is -0.165. The van der Waals surface area contributed by atoms with E-state index in [4.69, 9.17) is 4.74 Å². The normalized spacial score (nSPS) is 19.8. The Labute approximate surface area is 202 Å². The molecule has 7 nitrogen and oxygen atoms in total. The summed E-state index contributed by atoms with van der Waals surface area (Å²) in [6.07, 6.45) is 2.32. The van der Waals surface area contributed by atoms with Crippen LogP contribution < -0.4 is 4.74 Å². The van der Waals surface area contributed by atoms with Gasteiger partial charge in [-0.1, -0.05) is 36.4 Å². The summed E-state index contributed by atoms with van der Waals surface area (Å²) in [6.45, 7) is 2.25. The van der Waals surface area contributed by atoms with Gasteiger partial charge in [0.15, 0.2) is 5.54 Å². The third-order valence-electron chi connectivity index (χ3n) is 6.87. The van der Waals surface area contributed by atoms with E-state index < -0.39 is 5.54 Å². The maximum Gasteiger partial charge on any atom is 0.275 e. The fourth-order valence-electron chi connectivity index (χ4n) is 5.07. The lowest BCUT2D eigenvalue weighted by Crippen LogP contribution is -2.65. The van der Waals surface area contributed by atoms with Gasteiger partial charge in [-0.3, -0.25) is 9.59 Å². The number of piperazine rings is 1. The van der Waals surface area contributed by atoms with E-state index in [1.54, 1.807) is 11.1 Å². The molecule has 3 heterocycles. The van der Waals surface area contributed by atoms with E-state index >= 15 is 0 Å². The van der Waals surface area contributed by atoms with Crippen molar-refractivity contribution in [2.24, 2.45) is 5.10 Å². The average molecular weight is 465 g/mol. The minimum Gasteiger partial charge on any atom is -0.457 e.